The Hall–Kier alpha value is -1.73. The highest BCUT2D eigenvalue weighted by Gasteiger charge is 2.45. The summed E-state index contributed by atoms with van der Waals surface area (Å²) >= 11 is 0. The first-order valence-electron chi connectivity index (χ1n) is 5.51. The van der Waals surface area contributed by atoms with Crippen molar-refractivity contribution in [1.29, 1.82) is 0 Å². The van der Waals surface area contributed by atoms with E-state index in [0.717, 1.165) is 6.92 Å². The monoisotopic (exact) mass is 281 g/mol. The predicted molar refractivity (Wildman–Crippen MR) is 55.9 cm³/mol. The Kier molecular flexibility index (Phi) is 6.37. The first-order chi connectivity index (χ1) is 8.59. The Morgan fingerprint density at radius 2 is 1.79 bits per heavy atom. The molecular formula is C11H15F2O6-. The molecule has 1 atom stereocenters. The summed E-state index contributed by atoms with van der Waals surface area (Å²) in [5.74, 6) is -9.54. The first-order valence-corrected chi connectivity index (χ1v) is 5.51. The number of rotatable bonds is 7. The molecule has 0 aliphatic heterocycles. The summed E-state index contributed by atoms with van der Waals surface area (Å²) in [5.41, 5.74) is 0. The number of esters is 2. The van der Waals surface area contributed by atoms with Gasteiger partial charge < -0.3 is 19.4 Å². The van der Waals surface area contributed by atoms with Gasteiger partial charge in [-0.15, -0.1) is 0 Å². The molecule has 0 aromatic carbocycles. The fraction of sp³-hybridized carbons (Fsp3) is 0.727. The van der Waals surface area contributed by atoms with Gasteiger partial charge in [-0.2, -0.15) is 8.78 Å². The van der Waals surface area contributed by atoms with Gasteiger partial charge in [-0.3, -0.25) is 9.59 Å². The van der Waals surface area contributed by atoms with Crippen LogP contribution in [0.2, 0.25) is 0 Å². The lowest BCUT2D eigenvalue weighted by molar-refractivity contribution is -0.337. The van der Waals surface area contributed by atoms with Crippen molar-refractivity contribution in [2.45, 2.75) is 39.2 Å². The lowest BCUT2D eigenvalue weighted by Crippen LogP contribution is -2.53. The fourth-order valence-corrected chi connectivity index (χ4v) is 1.22. The van der Waals surface area contributed by atoms with E-state index >= 15 is 0 Å². The number of carboxylic acid groups (broad SMARTS) is 1. The molecule has 110 valence electrons. The van der Waals surface area contributed by atoms with E-state index in [1.165, 1.54) is 13.8 Å². The predicted octanol–water partition coefficient (Wildman–Crippen LogP) is -0.107. The van der Waals surface area contributed by atoms with Crippen LogP contribution in [0.5, 0.6) is 0 Å². The maximum Gasteiger partial charge on any atom is 0.323 e. The Balaban J connectivity index is 4.56. The van der Waals surface area contributed by atoms with Crippen molar-refractivity contribution in [3.63, 3.8) is 0 Å². The normalized spacial score (nSPS) is 12.9. The van der Waals surface area contributed by atoms with Gasteiger partial charge in [0.25, 0.3) is 0 Å². The average Bonchev–Trinajstić information content (AvgIpc) is 2.24. The van der Waals surface area contributed by atoms with Crippen molar-refractivity contribution in [3.05, 3.63) is 0 Å². The summed E-state index contributed by atoms with van der Waals surface area (Å²) in [6.07, 6.45) is -2.58. The second-order valence-corrected chi connectivity index (χ2v) is 4.15. The van der Waals surface area contributed by atoms with Gasteiger partial charge in [-0.25, -0.2) is 0 Å². The summed E-state index contributed by atoms with van der Waals surface area (Å²) in [6.45, 7) is 3.35. The van der Waals surface area contributed by atoms with Crippen molar-refractivity contribution in [2.24, 2.45) is 5.92 Å². The van der Waals surface area contributed by atoms with Gasteiger partial charge in [0, 0.05) is 6.92 Å². The number of halogens is 2. The van der Waals surface area contributed by atoms with Crippen LogP contribution in [0, 0.1) is 5.92 Å². The number of hydrogen-bond donors (Lipinski definition) is 0. The van der Waals surface area contributed by atoms with Crippen LogP contribution in [0.25, 0.3) is 0 Å². The molecule has 0 aliphatic rings. The summed E-state index contributed by atoms with van der Waals surface area (Å²) in [6, 6.07) is 0. The van der Waals surface area contributed by atoms with Gasteiger partial charge in [0.05, 0.1) is 6.42 Å². The maximum atomic E-state index is 13.2. The van der Waals surface area contributed by atoms with Crippen molar-refractivity contribution in [3.8, 4) is 0 Å². The second-order valence-electron chi connectivity index (χ2n) is 4.15. The molecule has 0 fully saturated rings. The summed E-state index contributed by atoms with van der Waals surface area (Å²) in [7, 11) is 0. The van der Waals surface area contributed by atoms with Crippen LogP contribution < -0.4 is 5.11 Å². The number of hydrogen-bond acceptors (Lipinski definition) is 6. The molecule has 0 aromatic rings. The SMILES string of the molecule is CC(=O)OCCC(=O)OC(C(C)C)C(F)(F)C(=O)[O-]. The summed E-state index contributed by atoms with van der Waals surface area (Å²) < 4.78 is 35.3. The third kappa shape index (κ3) is 5.62. The molecular weight excluding hydrogens is 266 g/mol. The molecule has 8 heteroatoms. The van der Waals surface area contributed by atoms with Gasteiger partial charge >= 0.3 is 17.9 Å². The van der Waals surface area contributed by atoms with Crippen LogP contribution in [-0.2, 0) is 23.9 Å². The smallest absolute Gasteiger partial charge is 0.323 e. The first kappa shape index (κ1) is 17.3. The van der Waals surface area contributed by atoms with Crippen molar-refractivity contribution in [2.75, 3.05) is 6.61 Å². The molecule has 19 heavy (non-hydrogen) atoms. The Labute approximate surface area is 108 Å². The molecule has 0 saturated heterocycles. The number of alkyl halides is 2. The Morgan fingerprint density at radius 3 is 2.16 bits per heavy atom. The molecule has 0 radical (unpaired) electrons. The van der Waals surface area contributed by atoms with E-state index in [4.69, 9.17) is 0 Å². The molecule has 0 rings (SSSR count). The molecule has 0 aliphatic carbocycles. The van der Waals surface area contributed by atoms with Crippen LogP contribution in [-0.4, -0.2) is 36.5 Å². The molecule has 1 unspecified atom stereocenters. The second kappa shape index (κ2) is 7.01. The third-order valence-corrected chi connectivity index (χ3v) is 2.10. The van der Waals surface area contributed by atoms with Crippen molar-refractivity contribution in [1.82, 2.24) is 0 Å². The standard InChI is InChI=1S/C11H16F2O6/c1-6(2)9(11(12,13)10(16)17)19-8(15)4-5-18-7(3)14/h6,9H,4-5H2,1-3H3,(H,16,17)/p-1. The third-order valence-electron chi connectivity index (χ3n) is 2.10. The lowest BCUT2D eigenvalue weighted by atomic mass is 10.0. The quantitative estimate of drug-likeness (QED) is 0.605. The minimum Gasteiger partial charge on any atom is -0.544 e. The van der Waals surface area contributed by atoms with Crippen molar-refractivity contribution >= 4 is 17.9 Å². The summed E-state index contributed by atoms with van der Waals surface area (Å²) in [5, 5.41) is 10.3. The molecule has 0 heterocycles. The van der Waals surface area contributed by atoms with Gasteiger partial charge in [0.15, 0.2) is 6.10 Å². The van der Waals surface area contributed by atoms with E-state index < -0.39 is 42.3 Å². The van der Waals surface area contributed by atoms with Gasteiger partial charge in [0.2, 0.25) is 0 Å². The van der Waals surface area contributed by atoms with E-state index in [1.54, 1.807) is 0 Å². The van der Waals surface area contributed by atoms with Gasteiger partial charge in [0.1, 0.15) is 12.6 Å². The molecule has 6 nitrogen and oxygen atoms in total. The van der Waals surface area contributed by atoms with Crippen LogP contribution in [0.3, 0.4) is 0 Å². The molecule has 0 N–H and O–H groups in total. The molecule has 0 spiro atoms. The minimum atomic E-state index is -4.29. The van der Waals surface area contributed by atoms with Crippen LogP contribution in [0.15, 0.2) is 0 Å². The van der Waals surface area contributed by atoms with E-state index in [1.807, 2.05) is 0 Å². The summed E-state index contributed by atoms with van der Waals surface area (Å²) in [4.78, 5) is 32.0. The number of aliphatic carboxylic acids is 1. The Morgan fingerprint density at radius 1 is 1.26 bits per heavy atom. The van der Waals surface area contributed by atoms with E-state index in [2.05, 4.69) is 9.47 Å². The zero-order valence-electron chi connectivity index (χ0n) is 10.8. The highest BCUT2D eigenvalue weighted by atomic mass is 19.3. The average molecular weight is 281 g/mol. The van der Waals surface area contributed by atoms with Crippen LogP contribution in [0.1, 0.15) is 27.2 Å². The minimum absolute atomic E-state index is 0.324. The molecule has 0 aromatic heterocycles. The lowest BCUT2D eigenvalue weighted by Gasteiger charge is -2.30. The molecule has 0 amide bonds. The fourth-order valence-electron chi connectivity index (χ4n) is 1.22. The van der Waals surface area contributed by atoms with E-state index in [0.29, 0.717) is 0 Å². The molecule has 0 bridgehead atoms. The number of carbonyl (C=O) groups excluding carboxylic acids is 3. The van der Waals surface area contributed by atoms with Gasteiger partial charge in [-0.05, 0) is 5.92 Å². The Bertz CT molecular complexity index is 353. The zero-order valence-corrected chi connectivity index (χ0v) is 10.8. The van der Waals surface area contributed by atoms with E-state index in [9.17, 15) is 28.3 Å². The number of carbonyl (C=O) groups is 3. The maximum absolute atomic E-state index is 13.2. The van der Waals surface area contributed by atoms with Crippen LogP contribution in [0.4, 0.5) is 8.78 Å². The van der Waals surface area contributed by atoms with Gasteiger partial charge in [-0.1, -0.05) is 13.8 Å². The number of ether oxygens (including phenoxy) is 2. The topological polar surface area (TPSA) is 92.7 Å². The zero-order chi connectivity index (χ0) is 15.2. The largest absolute Gasteiger partial charge is 0.544 e. The van der Waals surface area contributed by atoms with E-state index in [-0.39, 0.29) is 6.61 Å². The molecule has 0 saturated carbocycles. The highest BCUT2D eigenvalue weighted by molar-refractivity contribution is 5.76. The van der Waals surface area contributed by atoms with Crippen LogP contribution >= 0.6 is 0 Å². The van der Waals surface area contributed by atoms with Crippen molar-refractivity contribution < 1.29 is 37.7 Å². The number of carboxylic acids is 1. The highest BCUT2D eigenvalue weighted by Crippen LogP contribution is 2.27.